The Bertz CT molecular complexity index is 591. The Kier molecular flexibility index (Phi) is 3.93. The summed E-state index contributed by atoms with van der Waals surface area (Å²) < 4.78 is 0. The van der Waals surface area contributed by atoms with E-state index in [2.05, 4.69) is 10.6 Å². The number of hydrogen-bond acceptors (Lipinski definition) is 2. The fourth-order valence-electron chi connectivity index (χ4n) is 1.71. The highest BCUT2D eigenvalue weighted by Gasteiger charge is 2.05. The van der Waals surface area contributed by atoms with Crippen LogP contribution < -0.4 is 10.6 Å². The number of benzene rings is 2. The van der Waals surface area contributed by atoms with Gasteiger partial charge in [-0.25, -0.2) is 0 Å². The van der Waals surface area contributed by atoms with Crippen LogP contribution in [0.15, 0.2) is 48.5 Å². The lowest BCUT2D eigenvalue weighted by Crippen LogP contribution is -2.11. The molecule has 2 aromatic rings. The molecule has 0 fully saturated rings. The summed E-state index contributed by atoms with van der Waals surface area (Å²) >= 11 is 0. The van der Waals surface area contributed by atoms with Gasteiger partial charge in [0, 0.05) is 16.9 Å². The van der Waals surface area contributed by atoms with E-state index in [0.717, 1.165) is 5.56 Å². The van der Waals surface area contributed by atoms with Crippen molar-refractivity contribution >= 4 is 23.7 Å². The monoisotopic (exact) mass is 254 g/mol. The van der Waals surface area contributed by atoms with E-state index < -0.39 is 0 Å². The van der Waals surface area contributed by atoms with E-state index in [1.807, 2.05) is 25.1 Å². The maximum Gasteiger partial charge on any atom is 0.255 e. The van der Waals surface area contributed by atoms with Gasteiger partial charge < -0.3 is 10.6 Å². The molecule has 0 aliphatic rings. The summed E-state index contributed by atoms with van der Waals surface area (Å²) in [4.78, 5) is 22.3. The predicted molar refractivity (Wildman–Crippen MR) is 75.3 cm³/mol. The Morgan fingerprint density at radius 3 is 2.37 bits per heavy atom. The highest BCUT2D eigenvalue weighted by Crippen LogP contribution is 2.14. The highest BCUT2D eigenvalue weighted by molar-refractivity contribution is 6.04. The summed E-state index contributed by atoms with van der Waals surface area (Å²) in [6, 6.07) is 14.3. The normalized spacial score (nSPS) is 9.74. The Morgan fingerprint density at radius 1 is 1.05 bits per heavy atom. The van der Waals surface area contributed by atoms with Crippen LogP contribution in [-0.2, 0) is 4.79 Å². The lowest BCUT2D eigenvalue weighted by Gasteiger charge is -2.06. The molecule has 96 valence electrons. The quantitative estimate of drug-likeness (QED) is 0.824. The van der Waals surface area contributed by atoms with Crippen LogP contribution in [0.25, 0.3) is 0 Å². The van der Waals surface area contributed by atoms with Gasteiger partial charge in [-0.2, -0.15) is 0 Å². The molecule has 0 saturated carbocycles. The summed E-state index contributed by atoms with van der Waals surface area (Å²) in [6.45, 7) is 1.94. The number of carbonyl (C=O) groups is 2. The molecule has 0 saturated heterocycles. The molecule has 0 heterocycles. The third-order valence-electron chi connectivity index (χ3n) is 2.65. The van der Waals surface area contributed by atoms with Crippen molar-refractivity contribution in [3.05, 3.63) is 59.7 Å². The van der Waals surface area contributed by atoms with E-state index in [9.17, 15) is 9.59 Å². The average Bonchev–Trinajstić information content (AvgIpc) is 2.41. The molecule has 0 aromatic heterocycles. The smallest absolute Gasteiger partial charge is 0.255 e. The first-order valence-electron chi connectivity index (χ1n) is 5.87. The van der Waals surface area contributed by atoms with Crippen LogP contribution in [-0.4, -0.2) is 12.3 Å². The summed E-state index contributed by atoms with van der Waals surface area (Å²) in [5, 5.41) is 5.33. The van der Waals surface area contributed by atoms with Gasteiger partial charge in [0.2, 0.25) is 6.41 Å². The van der Waals surface area contributed by atoms with Gasteiger partial charge in [-0.1, -0.05) is 17.7 Å². The second kappa shape index (κ2) is 5.82. The van der Waals surface area contributed by atoms with E-state index >= 15 is 0 Å². The molecule has 0 radical (unpaired) electrons. The first-order chi connectivity index (χ1) is 9.19. The van der Waals surface area contributed by atoms with Gasteiger partial charge in [-0.15, -0.1) is 0 Å². The molecule has 0 aliphatic heterocycles. The van der Waals surface area contributed by atoms with Crippen LogP contribution >= 0.6 is 0 Å². The molecule has 4 nitrogen and oxygen atoms in total. The third kappa shape index (κ3) is 3.42. The second-order valence-corrected chi connectivity index (χ2v) is 4.16. The SMILES string of the molecule is Cc1cccc(C(=O)Nc2ccc(NC=O)cc2)c1. The number of hydrogen-bond donors (Lipinski definition) is 2. The molecule has 4 heteroatoms. The molecule has 19 heavy (non-hydrogen) atoms. The van der Waals surface area contributed by atoms with Crippen LogP contribution in [0.2, 0.25) is 0 Å². The van der Waals surface area contributed by atoms with Crippen LogP contribution in [0.3, 0.4) is 0 Å². The van der Waals surface area contributed by atoms with Crippen LogP contribution in [0.1, 0.15) is 15.9 Å². The summed E-state index contributed by atoms with van der Waals surface area (Å²) in [5.74, 6) is -0.153. The molecule has 0 atom stereocenters. The van der Waals surface area contributed by atoms with Gasteiger partial charge in [0.15, 0.2) is 0 Å². The molecule has 0 aliphatic carbocycles. The van der Waals surface area contributed by atoms with Crippen LogP contribution in [0, 0.1) is 6.92 Å². The fraction of sp³-hybridized carbons (Fsp3) is 0.0667. The Labute approximate surface area is 111 Å². The molecule has 2 N–H and O–H groups in total. The zero-order valence-corrected chi connectivity index (χ0v) is 10.5. The fourth-order valence-corrected chi connectivity index (χ4v) is 1.71. The molecule has 0 spiro atoms. The van der Waals surface area contributed by atoms with Crippen molar-refractivity contribution in [1.82, 2.24) is 0 Å². The van der Waals surface area contributed by atoms with Crippen molar-refractivity contribution in [3.63, 3.8) is 0 Å². The van der Waals surface area contributed by atoms with Gasteiger partial charge in [-0.3, -0.25) is 9.59 Å². The van der Waals surface area contributed by atoms with E-state index in [1.54, 1.807) is 30.3 Å². The number of anilines is 2. The number of nitrogens with one attached hydrogen (secondary N) is 2. The van der Waals surface area contributed by atoms with E-state index in [-0.39, 0.29) is 5.91 Å². The maximum absolute atomic E-state index is 12.0. The zero-order chi connectivity index (χ0) is 13.7. The summed E-state index contributed by atoms with van der Waals surface area (Å²) in [6.07, 6.45) is 0.611. The third-order valence-corrected chi connectivity index (χ3v) is 2.65. The first kappa shape index (κ1) is 12.8. The Hall–Kier alpha value is -2.62. The largest absolute Gasteiger partial charge is 0.329 e. The molecule has 2 rings (SSSR count). The van der Waals surface area contributed by atoms with Gasteiger partial charge in [0.1, 0.15) is 0 Å². The standard InChI is InChI=1S/C15H14N2O2/c1-11-3-2-4-12(9-11)15(19)17-14-7-5-13(6-8-14)16-10-18/h2-10H,1H3,(H,16,18)(H,17,19). The lowest BCUT2D eigenvalue weighted by molar-refractivity contribution is -0.105. The van der Waals surface area contributed by atoms with Gasteiger partial charge >= 0.3 is 0 Å². The molecule has 0 unspecified atom stereocenters. The number of carbonyl (C=O) groups excluding carboxylic acids is 2. The predicted octanol–water partition coefficient (Wildman–Crippen LogP) is 2.82. The number of rotatable bonds is 4. The minimum atomic E-state index is -0.153. The lowest BCUT2D eigenvalue weighted by atomic mass is 10.1. The van der Waals surface area contributed by atoms with Crippen molar-refractivity contribution < 1.29 is 9.59 Å². The second-order valence-electron chi connectivity index (χ2n) is 4.16. The van der Waals surface area contributed by atoms with Crippen LogP contribution in [0.5, 0.6) is 0 Å². The summed E-state index contributed by atoms with van der Waals surface area (Å²) in [5.41, 5.74) is 3.03. The minimum Gasteiger partial charge on any atom is -0.329 e. The van der Waals surface area contributed by atoms with Crippen molar-refractivity contribution in [1.29, 1.82) is 0 Å². The highest BCUT2D eigenvalue weighted by atomic mass is 16.1. The summed E-state index contributed by atoms with van der Waals surface area (Å²) in [7, 11) is 0. The molecule has 2 amide bonds. The minimum absolute atomic E-state index is 0.153. The average molecular weight is 254 g/mol. The molecule has 0 bridgehead atoms. The van der Waals surface area contributed by atoms with Crippen molar-refractivity contribution in [2.45, 2.75) is 6.92 Å². The molecule has 2 aromatic carbocycles. The van der Waals surface area contributed by atoms with E-state index in [1.165, 1.54) is 0 Å². The van der Waals surface area contributed by atoms with E-state index in [4.69, 9.17) is 0 Å². The van der Waals surface area contributed by atoms with Crippen molar-refractivity contribution in [3.8, 4) is 0 Å². The van der Waals surface area contributed by atoms with Gasteiger partial charge in [-0.05, 0) is 43.3 Å². The van der Waals surface area contributed by atoms with Gasteiger partial charge in [0.25, 0.3) is 5.91 Å². The van der Waals surface area contributed by atoms with Crippen molar-refractivity contribution in [2.24, 2.45) is 0 Å². The Balaban J connectivity index is 2.08. The molecular formula is C15H14N2O2. The number of aryl methyl sites for hydroxylation is 1. The van der Waals surface area contributed by atoms with Crippen LogP contribution in [0.4, 0.5) is 11.4 Å². The number of amides is 2. The Morgan fingerprint density at radius 2 is 1.74 bits per heavy atom. The molecular weight excluding hydrogens is 240 g/mol. The topological polar surface area (TPSA) is 58.2 Å². The van der Waals surface area contributed by atoms with Crippen molar-refractivity contribution in [2.75, 3.05) is 10.6 Å². The van der Waals surface area contributed by atoms with Gasteiger partial charge in [0.05, 0.1) is 0 Å². The zero-order valence-electron chi connectivity index (χ0n) is 10.5. The maximum atomic E-state index is 12.0. The first-order valence-corrected chi connectivity index (χ1v) is 5.87. The van der Waals surface area contributed by atoms with E-state index in [0.29, 0.717) is 23.3 Å².